The molecule has 0 heterocycles. The van der Waals surface area contributed by atoms with Crippen molar-refractivity contribution < 1.29 is 21.8 Å². The summed E-state index contributed by atoms with van der Waals surface area (Å²) in [6.45, 7) is 4.31. The summed E-state index contributed by atoms with van der Waals surface area (Å²) < 4.78 is 42.9. The SMILES string of the molecule is CC(C)N(Cc1cccc(OS(=O)(=O)c2ccc(F)cc2)c1)C(=O)C1CC1. The molecule has 1 aliphatic rings. The Morgan fingerprint density at radius 2 is 1.85 bits per heavy atom. The van der Waals surface area contributed by atoms with E-state index < -0.39 is 15.9 Å². The maximum Gasteiger partial charge on any atom is 0.339 e. The van der Waals surface area contributed by atoms with Gasteiger partial charge in [-0.05, 0) is 68.7 Å². The molecule has 1 amide bonds. The van der Waals surface area contributed by atoms with Crippen LogP contribution in [0.3, 0.4) is 0 Å². The zero-order valence-electron chi connectivity index (χ0n) is 15.3. The molecule has 1 saturated carbocycles. The van der Waals surface area contributed by atoms with Crippen molar-refractivity contribution in [3.05, 3.63) is 59.9 Å². The molecule has 3 rings (SSSR count). The minimum atomic E-state index is -4.06. The molecular weight excluding hydrogens is 369 g/mol. The summed E-state index contributed by atoms with van der Waals surface area (Å²) in [5, 5.41) is 0. The van der Waals surface area contributed by atoms with Gasteiger partial charge in [0, 0.05) is 18.5 Å². The summed E-state index contributed by atoms with van der Waals surface area (Å²) in [6.07, 6.45) is 1.86. The van der Waals surface area contributed by atoms with E-state index in [9.17, 15) is 17.6 Å². The molecule has 0 unspecified atom stereocenters. The number of hydrogen-bond acceptors (Lipinski definition) is 4. The number of benzene rings is 2. The van der Waals surface area contributed by atoms with Gasteiger partial charge < -0.3 is 9.08 Å². The number of nitrogens with zero attached hydrogens (tertiary/aromatic N) is 1. The average molecular weight is 391 g/mol. The first-order valence-corrected chi connectivity index (χ1v) is 10.3. The van der Waals surface area contributed by atoms with Crippen LogP contribution in [-0.4, -0.2) is 25.3 Å². The minimum absolute atomic E-state index is 0.0469. The Morgan fingerprint density at radius 1 is 1.19 bits per heavy atom. The van der Waals surface area contributed by atoms with Gasteiger partial charge in [0.1, 0.15) is 16.5 Å². The van der Waals surface area contributed by atoms with Crippen LogP contribution in [0.4, 0.5) is 4.39 Å². The fraction of sp³-hybridized carbons (Fsp3) is 0.350. The van der Waals surface area contributed by atoms with Crippen molar-refractivity contribution in [1.82, 2.24) is 4.90 Å². The molecule has 144 valence electrons. The normalized spacial score (nSPS) is 14.2. The summed E-state index contributed by atoms with van der Waals surface area (Å²) in [5.41, 5.74) is 0.782. The number of rotatable bonds is 7. The van der Waals surface area contributed by atoms with Crippen LogP contribution < -0.4 is 4.18 Å². The smallest absolute Gasteiger partial charge is 0.339 e. The van der Waals surface area contributed by atoms with Crippen LogP contribution in [-0.2, 0) is 21.5 Å². The molecule has 5 nitrogen and oxygen atoms in total. The quantitative estimate of drug-likeness (QED) is 0.675. The predicted molar refractivity (Wildman–Crippen MR) is 99.1 cm³/mol. The van der Waals surface area contributed by atoms with Crippen molar-refractivity contribution in [2.75, 3.05) is 0 Å². The zero-order chi connectivity index (χ0) is 19.6. The second-order valence-corrected chi connectivity index (χ2v) is 8.52. The number of carbonyl (C=O) groups excluding carboxylic acids is 1. The molecule has 0 saturated heterocycles. The van der Waals surface area contributed by atoms with Crippen LogP contribution in [0.15, 0.2) is 53.4 Å². The van der Waals surface area contributed by atoms with E-state index in [0.717, 1.165) is 42.7 Å². The van der Waals surface area contributed by atoms with Crippen LogP contribution in [0.25, 0.3) is 0 Å². The van der Waals surface area contributed by atoms with Crippen LogP contribution in [0.1, 0.15) is 32.3 Å². The first kappa shape index (κ1) is 19.4. The topological polar surface area (TPSA) is 63.7 Å². The van der Waals surface area contributed by atoms with Gasteiger partial charge in [-0.15, -0.1) is 0 Å². The van der Waals surface area contributed by atoms with E-state index in [0.29, 0.717) is 6.54 Å². The largest absolute Gasteiger partial charge is 0.379 e. The van der Waals surface area contributed by atoms with E-state index in [1.54, 1.807) is 17.0 Å². The Kier molecular flexibility index (Phi) is 5.51. The third kappa shape index (κ3) is 4.86. The highest BCUT2D eigenvalue weighted by Gasteiger charge is 2.34. The summed E-state index contributed by atoms with van der Waals surface area (Å²) in [5.74, 6) is -0.120. The maximum atomic E-state index is 13.0. The summed E-state index contributed by atoms with van der Waals surface area (Å²) >= 11 is 0. The third-order valence-electron chi connectivity index (χ3n) is 4.39. The number of carbonyl (C=O) groups is 1. The van der Waals surface area contributed by atoms with E-state index in [1.165, 1.54) is 6.07 Å². The van der Waals surface area contributed by atoms with Gasteiger partial charge in [0.05, 0.1) is 0 Å². The molecule has 0 aromatic heterocycles. The van der Waals surface area contributed by atoms with E-state index in [4.69, 9.17) is 4.18 Å². The van der Waals surface area contributed by atoms with Gasteiger partial charge in [0.25, 0.3) is 0 Å². The first-order valence-electron chi connectivity index (χ1n) is 8.86. The number of halogens is 1. The molecule has 0 spiro atoms. The number of amides is 1. The molecule has 7 heteroatoms. The lowest BCUT2D eigenvalue weighted by Crippen LogP contribution is -2.37. The molecule has 0 radical (unpaired) electrons. The summed E-state index contributed by atoms with van der Waals surface area (Å²) in [4.78, 5) is 14.1. The Bertz CT molecular complexity index is 921. The van der Waals surface area contributed by atoms with Gasteiger partial charge in [-0.3, -0.25) is 4.79 Å². The fourth-order valence-corrected chi connectivity index (χ4v) is 3.67. The molecule has 0 bridgehead atoms. The molecular formula is C20H22FNO4S. The van der Waals surface area contributed by atoms with Crippen molar-refractivity contribution in [3.63, 3.8) is 0 Å². The monoisotopic (exact) mass is 391 g/mol. The van der Waals surface area contributed by atoms with Crippen molar-refractivity contribution in [1.29, 1.82) is 0 Å². The van der Waals surface area contributed by atoms with Gasteiger partial charge in [-0.25, -0.2) is 4.39 Å². The highest BCUT2D eigenvalue weighted by atomic mass is 32.2. The van der Waals surface area contributed by atoms with Gasteiger partial charge in [-0.2, -0.15) is 8.42 Å². The Morgan fingerprint density at radius 3 is 2.44 bits per heavy atom. The maximum absolute atomic E-state index is 13.0. The third-order valence-corrected chi connectivity index (χ3v) is 5.65. The second kappa shape index (κ2) is 7.68. The molecule has 0 atom stereocenters. The molecule has 1 fully saturated rings. The lowest BCUT2D eigenvalue weighted by Gasteiger charge is -2.27. The predicted octanol–water partition coefficient (Wildman–Crippen LogP) is 3.74. The Balaban J connectivity index is 1.76. The van der Waals surface area contributed by atoms with Crippen LogP contribution in [0.2, 0.25) is 0 Å². The molecule has 0 aliphatic heterocycles. The summed E-state index contributed by atoms with van der Waals surface area (Å²) in [7, 11) is -4.06. The fourth-order valence-electron chi connectivity index (χ4n) is 2.75. The molecule has 2 aromatic carbocycles. The molecule has 1 aliphatic carbocycles. The lowest BCUT2D eigenvalue weighted by molar-refractivity contribution is -0.134. The average Bonchev–Trinajstić information content (AvgIpc) is 3.44. The van der Waals surface area contributed by atoms with E-state index in [2.05, 4.69) is 0 Å². The highest BCUT2D eigenvalue weighted by molar-refractivity contribution is 7.87. The van der Waals surface area contributed by atoms with Gasteiger partial charge in [0.2, 0.25) is 5.91 Å². The van der Waals surface area contributed by atoms with Crippen molar-refractivity contribution in [3.8, 4) is 5.75 Å². The van der Waals surface area contributed by atoms with Gasteiger partial charge in [-0.1, -0.05) is 12.1 Å². The Labute approximate surface area is 158 Å². The second-order valence-electron chi connectivity index (χ2n) is 6.97. The van der Waals surface area contributed by atoms with Crippen molar-refractivity contribution in [2.24, 2.45) is 5.92 Å². The number of hydrogen-bond donors (Lipinski definition) is 0. The van der Waals surface area contributed by atoms with Gasteiger partial charge >= 0.3 is 10.1 Å². The van der Waals surface area contributed by atoms with E-state index in [1.807, 2.05) is 19.9 Å². The zero-order valence-corrected chi connectivity index (χ0v) is 16.1. The van der Waals surface area contributed by atoms with E-state index >= 15 is 0 Å². The Hall–Kier alpha value is -2.41. The van der Waals surface area contributed by atoms with Crippen LogP contribution in [0, 0.1) is 11.7 Å². The molecule has 0 N–H and O–H groups in total. The van der Waals surface area contributed by atoms with Crippen LogP contribution in [0.5, 0.6) is 5.75 Å². The molecule has 2 aromatic rings. The minimum Gasteiger partial charge on any atom is -0.379 e. The lowest BCUT2D eigenvalue weighted by atomic mass is 10.1. The van der Waals surface area contributed by atoms with E-state index in [-0.39, 0.29) is 28.5 Å². The molecule has 27 heavy (non-hydrogen) atoms. The highest BCUT2D eigenvalue weighted by Crippen LogP contribution is 2.32. The van der Waals surface area contributed by atoms with Crippen molar-refractivity contribution >= 4 is 16.0 Å². The van der Waals surface area contributed by atoms with Gasteiger partial charge in [0.15, 0.2) is 0 Å². The first-order chi connectivity index (χ1) is 12.8. The van der Waals surface area contributed by atoms with Crippen LogP contribution >= 0.6 is 0 Å². The van der Waals surface area contributed by atoms with Crippen molar-refractivity contribution in [2.45, 2.75) is 44.2 Å². The standard InChI is InChI=1S/C20H22FNO4S/c1-14(2)22(20(23)16-6-7-16)13-15-4-3-5-18(12-15)26-27(24,25)19-10-8-17(21)9-11-19/h3-5,8-12,14,16H,6-7,13H2,1-2H3. The summed E-state index contributed by atoms with van der Waals surface area (Å²) in [6, 6.07) is 11.1.